The number of carbonyl (C=O) groups is 3. The number of anilines is 1. The van der Waals surface area contributed by atoms with Crippen molar-refractivity contribution in [2.75, 3.05) is 19.0 Å². The van der Waals surface area contributed by atoms with E-state index >= 15 is 0 Å². The van der Waals surface area contributed by atoms with Gasteiger partial charge >= 0.3 is 5.97 Å². The lowest BCUT2D eigenvalue weighted by Crippen LogP contribution is -2.30. The monoisotopic (exact) mass is 484 g/mol. The number of rotatable bonds is 9. The van der Waals surface area contributed by atoms with Gasteiger partial charge in [-0.15, -0.1) is 11.3 Å². The summed E-state index contributed by atoms with van der Waals surface area (Å²) in [5.74, 6) is -1.12. The number of amides is 2. The summed E-state index contributed by atoms with van der Waals surface area (Å²) in [6.45, 7) is 3.89. The van der Waals surface area contributed by atoms with E-state index in [1.807, 2.05) is 6.92 Å². The molecule has 10 heteroatoms. The van der Waals surface area contributed by atoms with Gasteiger partial charge in [-0.25, -0.2) is 4.79 Å². The number of hydrogen-bond donors (Lipinski definition) is 2. The van der Waals surface area contributed by atoms with Crippen molar-refractivity contribution in [2.45, 2.75) is 26.4 Å². The van der Waals surface area contributed by atoms with Gasteiger partial charge in [0.1, 0.15) is 5.00 Å². The summed E-state index contributed by atoms with van der Waals surface area (Å²) in [6.07, 6.45) is -0.292. The van der Waals surface area contributed by atoms with Gasteiger partial charge < -0.3 is 25.3 Å². The van der Waals surface area contributed by atoms with Gasteiger partial charge in [0, 0.05) is 0 Å². The Hall–Kier alpha value is -2.59. The van der Waals surface area contributed by atoms with Crippen LogP contribution in [0.3, 0.4) is 0 Å². The van der Waals surface area contributed by atoms with Crippen molar-refractivity contribution < 1.29 is 28.6 Å². The number of nitrogens with two attached hydrogens (primary N) is 1. The van der Waals surface area contributed by atoms with Crippen molar-refractivity contribution in [3.8, 4) is 11.5 Å². The van der Waals surface area contributed by atoms with Gasteiger partial charge in [-0.3, -0.25) is 9.59 Å². The first kappa shape index (κ1) is 22.7. The van der Waals surface area contributed by atoms with Crippen LogP contribution in [0.25, 0.3) is 0 Å². The van der Waals surface area contributed by atoms with Crippen LogP contribution in [0.5, 0.6) is 11.5 Å². The predicted octanol–water partition coefficient (Wildman–Crippen LogP) is 3.59. The smallest absolute Gasteiger partial charge is 0.339 e. The Balaban J connectivity index is 2.10. The first-order chi connectivity index (χ1) is 13.8. The molecule has 3 N–H and O–H groups in total. The maximum absolute atomic E-state index is 12.5. The molecule has 1 aromatic heterocycles. The molecule has 0 fully saturated rings. The minimum atomic E-state index is -1.11. The standard InChI is InChI=1S/C19H21BrN2O6S/c1-4-6-27-15-13(20)8-11(9-14(15)26-3)19(25)28-10(2)17(24)22-18-12(16(21)23)5-7-29-18/h5,7-10H,4,6H2,1-3H3,(H2,21,23)(H,22,24). The molecule has 2 aromatic rings. The quantitative estimate of drug-likeness (QED) is 0.525. The Morgan fingerprint density at radius 3 is 2.66 bits per heavy atom. The zero-order chi connectivity index (χ0) is 21.6. The second kappa shape index (κ2) is 10.3. The van der Waals surface area contributed by atoms with Crippen molar-refractivity contribution >= 4 is 50.1 Å². The van der Waals surface area contributed by atoms with Crippen LogP contribution in [-0.2, 0) is 9.53 Å². The van der Waals surface area contributed by atoms with Crippen molar-refractivity contribution in [1.29, 1.82) is 0 Å². The third kappa shape index (κ3) is 5.70. The number of methoxy groups -OCH3 is 1. The summed E-state index contributed by atoms with van der Waals surface area (Å²) in [6, 6.07) is 4.52. The van der Waals surface area contributed by atoms with E-state index in [2.05, 4.69) is 21.2 Å². The second-order valence-electron chi connectivity index (χ2n) is 5.90. The normalized spacial score (nSPS) is 11.4. The molecule has 0 spiro atoms. The molecule has 1 aromatic carbocycles. The number of primary amides is 1. The highest BCUT2D eigenvalue weighted by Crippen LogP contribution is 2.37. The molecule has 0 aliphatic heterocycles. The van der Waals surface area contributed by atoms with Crippen molar-refractivity contribution in [3.63, 3.8) is 0 Å². The molecule has 2 rings (SSSR count). The van der Waals surface area contributed by atoms with Crippen LogP contribution in [0, 0.1) is 0 Å². The van der Waals surface area contributed by atoms with Gasteiger partial charge in [0.2, 0.25) is 0 Å². The van der Waals surface area contributed by atoms with Crippen molar-refractivity contribution in [1.82, 2.24) is 0 Å². The number of nitrogens with one attached hydrogen (secondary N) is 1. The minimum absolute atomic E-state index is 0.186. The topological polar surface area (TPSA) is 117 Å². The van der Waals surface area contributed by atoms with Crippen LogP contribution in [0.2, 0.25) is 0 Å². The first-order valence-electron chi connectivity index (χ1n) is 8.67. The zero-order valence-corrected chi connectivity index (χ0v) is 18.5. The highest BCUT2D eigenvalue weighted by atomic mass is 79.9. The van der Waals surface area contributed by atoms with E-state index in [9.17, 15) is 14.4 Å². The fourth-order valence-electron chi connectivity index (χ4n) is 2.28. The Morgan fingerprint density at radius 2 is 2.03 bits per heavy atom. The van der Waals surface area contributed by atoms with Crippen LogP contribution in [0.1, 0.15) is 41.0 Å². The minimum Gasteiger partial charge on any atom is -0.493 e. The molecule has 0 radical (unpaired) electrons. The second-order valence-corrected chi connectivity index (χ2v) is 7.67. The maximum Gasteiger partial charge on any atom is 0.339 e. The molecule has 1 unspecified atom stereocenters. The van der Waals surface area contributed by atoms with E-state index in [-0.39, 0.29) is 11.1 Å². The molecular weight excluding hydrogens is 464 g/mol. The Morgan fingerprint density at radius 1 is 1.31 bits per heavy atom. The van der Waals surface area contributed by atoms with E-state index < -0.39 is 23.9 Å². The van der Waals surface area contributed by atoms with Crippen molar-refractivity contribution in [3.05, 3.63) is 39.2 Å². The first-order valence-corrected chi connectivity index (χ1v) is 10.3. The molecule has 0 aliphatic rings. The number of hydrogen-bond acceptors (Lipinski definition) is 7. The molecule has 0 saturated carbocycles. The summed E-state index contributed by atoms with van der Waals surface area (Å²) in [7, 11) is 1.46. The average Bonchev–Trinajstić information content (AvgIpc) is 3.14. The van der Waals surface area contributed by atoms with E-state index in [1.165, 1.54) is 32.2 Å². The predicted molar refractivity (Wildman–Crippen MR) is 113 cm³/mol. The molecule has 0 bridgehead atoms. The van der Waals surface area contributed by atoms with Crippen LogP contribution in [-0.4, -0.2) is 37.6 Å². The molecule has 156 valence electrons. The maximum atomic E-state index is 12.5. The fourth-order valence-corrected chi connectivity index (χ4v) is 3.63. The lowest BCUT2D eigenvalue weighted by Gasteiger charge is -2.16. The summed E-state index contributed by atoms with van der Waals surface area (Å²) >= 11 is 4.50. The lowest BCUT2D eigenvalue weighted by molar-refractivity contribution is -0.123. The Bertz CT molecular complexity index is 914. The average molecular weight is 485 g/mol. The lowest BCUT2D eigenvalue weighted by atomic mass is 10.2. The zero-order valence-electron chi connectivity index (χ0n) is 16.1. The number of benzene rings is 1. The van der Waals surface area contributed by atoms with E-state index in [0.29, 0.717) is 27.6 Å². The third-order valence-electron chi connectivity index (χ3n) is 3.74. The van der Waals surface area contributed by atoms with E-state index in [4.69, 9.17) is 19.9 Å². The van der Waals surface area contributed by atoms with Crippen molar-refractivity contribution in [2.24, 2.45) is 5.73 Å². The van der Waals surface area contributed by atoms with Crippen LogP contribution in [0.15, 0.2) is 28.1 Å². The number of ether oxygens (including phenoxy) is 3. The number of halogens is 1. The summed E-state index contributed by atoms with van der Waals surface area (Å²) < 4.78 is 16.7. The largest absolute Gasteiger partial charge is 0.493 e. The van der Waals surface area contributed by atoms with Gasteiger partial charge in [-0.2, -0.15) is 0 Å². The molecular formula is C19H21BrN2O6S. The van der Waals surface area contributed by atoms with Crippen LogP contribution >= 0.6 is 27.3 Å². The number of thiophene rings is 1. The molecule has 0 saturated heterocycles. The highest BCUT2D eigenvalue weighted by Gasteiger charge is 2.23. The van der Waals surface area contributed by atoms with Gasteiger partial charge in [-0.05, 0) is 52.9 Å². The SMILES string of the molecule is CCCOc1c(Br)cc(C(=O)OC(C)C(=O)Nc2sccc2C(N)=O)cc1OC. The summed E-state index contributed by atoms with van der Waals surface area (Å²) in [5.41, 5.74) is 5.64. The fraction of sp³-hybridized carbons (Fsp3) is 0.316. The van der Waals surface area contributed by atoms with E-state index in [1.54, 1.807) is 5.38 Å². The Labute approximate surface area is 180 Å². The summed E-state index contributed by atoms with van der Waals surface area (Å²) in [4.78, 5) is 36.2. The van der Waals surface area contributed by atoms with E-state index in [0.717, 1.165) is 17.8 Å². The van der Waals surface area contributed by atoms with Crippen LogP contribution < -0.4 is 20.5 Å². The molecule has 0 aliphatic carbocycles. The summed E-state index contributed by atoms with van der Waals surface area (Å²) in [5, 5.41) is 4.46. The molecule has 29 heavy (non-hydrogen) atoms. The Kier molecular flexibility index (Phi) is 8.03. The van der Waals surface area contributed by atoms with Gasteiger partial charge in [0.25, 0.3) is 11.8 Å². The van der Waals surface area contributed by atoms with Crippen LogP contribution in [0.4, 0.5) is 5.00 Å². The number of carbonyl (C=O) groups excluding carboxylic acids is 3. The molecule has 1 heterocycles. The molecule has 2 amide bonds. The van der Waals surface area contributed by atoms with Gasteiger partial charge in [-0.1, -0.05) is 6.92 Å². The number of esters is 1. The molecule has 1 atom stereocenters. The molecule has 8 nitrogen and oxygen atoms in total. The van der Waals surface area contributed by atoms with Gasteiger partial charge in [0.15, 0.2) is 17.6 Å². The third-order valence-corrected chi connectivity index (χ3v) is 5.16. The highest BCUT2D eigenvalue weighted by molar-refractivity contribution is 9.10. The van der Waals surface area contributed by atoms with Gasteiger partial charge in [0.05, 0.1) is 29.3 Å².